The molecule has 0 radical (unpaired) electrons. The van der Waals surface area contributed by atoms with E-state index in [1.807, 2.05) is 48.5 Å². The van der Waals surface area contributed by atoms with Crippen molar-refractivity contribution < 1.29 is 14.3 Å². The van der Waals surface area contributed by atoms with E-state index < -0.39 is 0 Å². The van der Waals surface area contributed by atoms with Gasteiger partial charge in [-0.15, -0.1) is 0 Å². The standard InChI is InChI=1S/C21H24N2O3/c1-14(2)16-8-4-5-9-17(16)22-21(25)15-12-20(24)23(13-15)18-10-6-7-11-19(18)26-3/h4-11,14-15H,12-13H2,1-3H3,(H,22,25)/t15-/m1/s1. The SMILES string of the molecule is COc1ccccc1N1C[C@H](C(=O)Nc2ccccc2C(C)C)CC1=O. The van der Waals surface area contributed by atoms with Gasteiger partial charge in [-0.05, 0) is 29.7 Å². The minimum absolute atomic E-state index is 0.0632. The Morgan fingerprint density at radius 1 is 1.15 bits per heavy atom. The molecule has 1 atom stereocenters. The number of ether oxygens (including phenoxy) is 1. The lowest BCUT2D eigenvalue weighted by atomic mass is 10.0. The largest absolute Gasteiger partial charge is 0.495 e. The normalized spacial score (nSPS) is 16.8. The minimum Gasteiger partial charge on any atom is -0.495 e. The number of anilines is 2. The molecule has 2 aromatic rings. The molecule has 1 N–H and O–H groups in total. The molecule has 5 heteroatoms. The summed E-state index contributed by atoms with van der Waals surface area (Å²) in [6.07, 6.45) is 0.202. The van der Waals surface area contributed by atoms with Gasteiger partial charge in [-0.3, -0.25) is 9.59 Å². The van der Waals surface area contributed by atoms with Gasteiger partial charge < -0.3 is 15.0 Å². The smallest absolute Gasteiger partial charge is 0.229 e. The van der Waals surface area contributed by atoms with Crippen molar-refractivity contribution in [2.45, 2.75) is 26.2 Å². The maximum atomic E-state index is 12.7. The van der Waals surface area contributed by atoms with Crippen LogP contribution < -0.4 is 15.0 Å². The van der Waals surface area contributed by atoms with Crippen molar-refractivity contribution >= 4 is 23.2 Å². The Hall–Kier alpha value is -2.82. The Morgan fingerprint density at radius 3 is 2.58 bits per heavy atom. The third-order valence-electron chi connectivity index (χ3n) is 4.71. The molecule has 0 bridgehead atoms. The summed E-state index contributed by atoms with van der Waals surface area (Å²) in [5.41, 5.74) is 2.61. The lowest BCUT2D eigenvalue weighted by Gasteiger charge is -2.20. The van der Waals surface area contributed by atoms with Crippen molar-refractivity contribution in [3.8, 4) is 5.75 Å². The lowest BCUT2D eigenvalue weighted by Crippen LogP contribution is -2.28. The van der Waals surface area contributed by atoms with Crippen LogP contribution in [0.1, 0.15) is 31.7 Å². The van der Waals surface area contributed by atoms with E-state index in [-0.39, 0.29) is 24.2 Å². The molecular formula is C21H24N2O3. The highest BCUT2D eigenvalue weighted by molar-refractivity contribution is 6.04. The van der Waals surface area contributed by atoms with Crippen molar-refractivity contribution in [3.05, 3.63) is 54.1 Å². The molecule has 0 saturated carbocycles. The number of para-hydroxylation sites is 3. The molecule has 1 aliphatic rings. The van der Waals surface area contributed by atoms with Gasteiger partial charge in [-0.25, -0.2) is 0 Å². The van der Waals surface area contributed by atoms with Crippen LogP contribution in [0.15, 0.2) is 48.5 Å². The summed E-state index contributed by atoms with van der Waals surface area (Å²) in [6, 6.07) is 15.2. The van der Waals surface area contributed by atoms with E-state index in [4.69, 9.17) is 4.74 Å². The van der Waals surface area contributed by atoms with Gasteiger partial charge in [0.1, 0.15) is 5.75 Å². The zero-order valence-corrected chi connectivity index (χ0v) is 15.4. The molecule has 1 saturated heterocycles. The first-order valence-corrected chi connectivity index (χ1v) is 8.84. The number of carbonyl (C=O) groups excluding carboxylic acids is 2. The number of nitrogens with one attached hydrogen (secondary N) is 1. The fourth-order valence-corrected chi connectivity index (χ4v) is 3.32. The summed E-state index contributed by atoms with van der Waals surface area (Å²) in [5, 5.41) is 3.01. The van der Waals surface area contributed by atoms with Crippen LogP contribution in [0.5, 0.6) is 5.75 Å². The van der Waals surface area contributed by atoms with Gasteiger partial charge >= 0.3 is 0 Å². The zero-order chi connectivity index (χ0) is 18.7. The first-order chi connectivity index (χ1) is 12.5. The molecule has 1 aliphatic heterocycles. The number of rotatable bonds is 5. The Morgan fingerprint density at radius 2 is 1.85 bits per heavy atom. The predicted octanol–water partition coefficient (Wildman–Crippen LogP) is 3.81. The van der Waals surface area contributed by atoms with E-state index in [0.29, 0.717) is 23.9 Å². The second-order valence-electron chi connectivity index (χ2n) is 6.81. The van der Waals surface area contributed by atoms with Gasteiger partial charge in [-0.2, -0.15) is 0 Å². The Balaban J connectivity index is 1.76. The molecule has 1 heterocycles. The Labute approximate surface area is 154 Å². The van der Waals surface area contributed by atoms with Gasteiger partial charge in [0.05, 0.1) is 18.7 Å². The molecule has 2 aromatic carbocycles. The van der Waals surface area contributed by atoms with E-state index >= 15 is 0 Å². The van der Waals surface area contributed by atoms with Gasteiger partial charge in [-0.1, -0.05) is 44.2 Å². The van der Waals surface area contributed by atoms with Crippen molar-refractivity contribution in [2.24, 2.45) is 5.92 Å². The molecule has 1 fully saturated rings. The highest BCUT2D eigenvalue weighted by atomic mass is 16.5. The molecule has 5 nitrogen and oxygen atoms in total. The average molecular weight is 352 g/mol. The maximum Gasteiger partial charge on any atom is 0.229 e. The van der Waals surface area contributed by atoms with Crippen LogP contribution in [-0.2, 0) is 9.59 Å². The number of hydrogen-bond acceptors (Lipinski definition) is 3. The number of amides is 2. The van der Waals surface area contributed by atoms with E-state index in [1.165, 1.54) is 0 Å². The third-order valence-corrected chi connectivity index (χ3v) is 4.71. The van der Waals surface area contributed by atoms with Crippen molar-refractivity contribution in [1.82, 2.24) is 0 Å². The molecule has 0 aromatic heterocycles. The number of methoxy groups -OCH3 is 1. The average Bonchev–Trinajstić information content (AvgIpc) is 3.03. The Bertz CT molecular complexity index is 816. The molecule has 0 aliphatic carbocycles. The highest BCUT2D eigenvalue weighted by Gasteiger charge is 2.36. The Kier molecular flexibility index (Phi) is 5.26. The summed E-state index contributed by atoms with van der Waals surface area (Å²) in [5.74, 6) is 0.372. The predicted molar refractivity (Wildman–Crippen MR) is 103 cm³/mol. The quantitative estimate of drug-likeness (QED) is 0.890. The topological polar surface area (TPSA) is 58.6 Å². The summed E-state index contributed by atoms with van der Waals surface area (Å²) in [4.78, 5) is 26.9. The van der Waals surface area contributed by atoms with Gasteiger partial charge in [0.15, 0.2) is 0 Å². The second kappa shape index (κ2) is 7.60. The number of carbonyl (C=O) groups is 2. The van der Waals surface area contributed by atoms with Crippen LogP contribution >= 0.6 is 0 Å². The summed E-state index contributed by atoms with van der Waals surface area (Å²) >= 11 is 0. The zero-order valence-electron chi connectivity index (χ0n) is 15.4. The third kappa shape index (κ3) is 3.57. The van der Waals surface area contributed by atoms with Crippen molar-refractivity contribution in [2.75, 3.05) is 23.9 Å². The van der Waals surface area contributed by atoms with E-state index in [2.05, 4.69) is 19.2 Å². The summed E-state index contributed by atoms with van der Waals surface area (Å²) in [6.45, 7) is 4.54. The van der Waals surface area contributed by atoms with Gasteiger partial charge in [0, 0.05) is 18.7 Å². The molecule has 136 valence electrons. The molecule has 0 spiro atoms. The molecule has 3 rings (SSSR count). The van der Waals surface area contributed by atoms with Gasteiger partial charge in [0.2, 0.25) is 11.8 Å². The molecule has 0 unspecified atom stereocenters. The molecular weight excluding hydrogens is 328 g/mol. The van der Waals surface area contributed by atoms with E-state index in [1.54, 1.807) is 12.0 Å². The number of hydrogen-bond donors (Lipinski definition) is 1. The summed E-state index contributed by atoms with van der Waals surface area (Å²) < 4.78 is 5.35. The first kappa shape index (κ1) is 18.0. The van der Waals surface area contributed by atoms with E-state index in [0.717, 1.165) is 11.3 Å². The number of nitrogens with zero attached hydrogens (tertiary/aromatic N) is 1. The monoisotopic (exact) mass is 352 g/mol. The van der Waals surface area contributed by atoms with Crippen LogP contribution in [0.3, 0.4) is 0 Å². The fourth-order valence-electron chi connectivity index (χ4n) is 3.32. The number of benzene rings is 2. The van der Waals surface area contributed by atoms with Crippen molar-refractivity contribution in [1.29, 1.82) is 0 Å². The second-order valence-corrected chi connectivity index (χ2v) is 6.81. The van der Waals surface area contributed by atoms with Gasteiger partial charge in [0.25, 0.3) is 0 Å². The van der Waals surface area contributed by atoms with Crippen LogP contribution in [0.4, 0.5) is 11.4 Å². The molecule has 26 heavy (non-hydrogen) atoms. The van der Waals surface area contributed by atoms with Crippen LogP contribution in [0.2, 0.25) is 0 Å². The van der Waals surface area contributed by atoms with Crippen LogP contribution in [-0.4, -0.2) is 25.5 Å². The van der Waals surface area contributed by atoms with Crippen LogP contribution in [0, 0.1) is 5.92 Å². The maximum absolute atomic E-state index is 12.7. The molecule has 2 amide bonds. The summed E-state index contributed by atoms with van der Waals surface area (Å²) in [7, 11) is 1.58. The first-order valence-electron chi connectivity index (χ1n) is 8.84. The highest BCUT2D eigenvalue weighted by Crippen LogP contribution is 2.33. The minimum atomic E-state index is -0.382. The van der Waals surface area contributed by atoms with E-state index in [9.17, 15) is 9.59 Å². The fraction of sp³-hybridized carbons (Fsp3) is 0.333. The van der Waals surface area contributed by atoms with Crippen LogP contribution in [0.25, 0.3) is 0 Å². The lowest BCUT2D eigenvalue weighted by molar-refractivity contribution is -0.122. The van der Waals surface area contributed by atoms with Crippen molar-refractivity contribution in [3.63, 3.8) is 0 Å².